The number of nitrogens with two attached hydrogens (primary N) is 1. The predicted molar refractivity (Wildman–Crippen MR) is 141 cm³/mol. The van der Waals surface area contributed by atoms with Crippen LogP contribution in [0.15, 0.2) is 18.5 Å². The van der Waals surface area contributed by atoms with E-state index in [1.54, 1.807) is 23.7 Å². The summed E-state index contributed by atoms with van der Waals surface area (Å²) in [6, 6.07) is 3.56. The van der Waals surface area contributed by atoms with E-state index in [1.165, 1.54) is 16.7 Å². The number of fused-ring (bicyclic) bond motifs is 3. The molecule has 188 valence electrons. The van der Waals surface area contributed by atoms with E-state index in [9.17, 15) is 4.79 Å². The number of rotatable bonds is 6. The van der Waals surface area contributed by atoms with Crippen molar-refractivity contribution in [3.63, 3.8) is 0 Å². The van der Waals surface area contributed by atoms with Crippen LogP contribution in [0.25, 0.3) is 10.2 Å². The fraction of sp³-hybridized carbons (Fsp3) is 0.462. The topological polar surface area (TPSA) is 126 Å². The first-order valence-corrected chi connectivity index (χ1v) is 13.2. The molecule has 36 heavy (non-hydrogen) atoms. The number of likely N-dealkylation sites (tertiary alicyclic amines) is 1. The minimum absolute atomic E-state index is 0.0200. The molecule has 10 heteroatoms. The first-order chi connectivity index (χ1) is 17.4. The Balaban J connectivity index is 1.28. The third-order valence-electron chi connectivity index (χ3n) is 7.33. The van der Waals surface area contributed by atoms with Gasteiger partial charge in [0.15, 0.2) is 0 Å². The molecule has 4 heterocycles. The normalized spacial score (nSPS) is 20.1. The summed E-state index contributed by atoms with van der Waals surface area (Å²) in [4.78, 5) is 26.4. The molecule has 9 nitrogen and oxygen atoms in total. The molecule has 1 aliphatic carbocycles. The Bertz CT molecular complexity index is 1360. The van der Waals surface area contributed by atoms with Gasteiger partial charge in [-0.1, -0.05) is 0 Å². The molecular formula is C26H30N6O3S. The molecular weight excluding hydrogens is 476 g/mol. The van der Waals surface area contributed by atoms with Crippen LogP contribution in [-0.2, 0) is 22.4 Å². The van der Waals surface area contributed by atoms with Crippen molar-refractivity contribution >= 4 is 50.9 Å². The van der Waals surface area contributed by atoms with Gasteiger partial charge in [0.05, 0.1) is 35.8 Å². The monoisotopic (exact) mass is 506 g/mol. The van der Waals surface area contributed by atoms with Crippen LogP contribution < -0.4 is 15.8 Å². The Kier molecular flexibility index (Phi) is 5.60. The maximum absolute atomic E-state index is 13.2. The lowest BCUT2D eigenvalue weighted by molar-refractivity contribution is -0.197. The van der Waals surface area contributed by atoms with Gasteiger partial charge in [-0.15, -0.1) is 11.3 Å². The second-order valence-corrected chi connectivity index (χ2v) is 11.5. The van der Waals surface area contributed by atoms with Gasteiger partial charge in [0.2, 0.25) is 5.91 Å². The smallest absolute Gasteiger partial charge is 0.226 e. The molecule has 1 amide bonds. The van der Waals surface area contributed by atoms with E-state index in [0.717, 1.165) is 55.8 Å². The van der Waals surface area contributed by atoms with Gasteiger partial charge < -0.3 is 30.8 Å². The number of amides is 1. The number of aromatic nitrogens is 2. The lowest BCUT2D eigenvalue weighted by Crippen LogP contribution is -2.68. The van der Waals surface area contributed by atoms with E-state index in [0.29, 0.717) is 28.5 Å². The van der Waals surface area contributed by atoms with E-state index in [-0.39, 0.29) is 23.3 Å². The van der Waals surface area contributed by atoms with Gasteiger partial charge in [-0.3, -0.25) is 4.79 Å². The first-order valence-electron chi connectivity index (χ1n) is 12.4. The first kappa shape index (κ1) is 23.2. The zero-order chi connectivity index (χ0) is 25.0. The molecule has 2 aromatic heterocycles. The van der Waals surface area contributed by atoms with Gasteiger partial charge in [0.1, 0.15) is 22.7 Å². The molecule has 6 rings (SSSR count). The van der Waals surface area contributed by atoms with Crippen LogP contribution in [0.1, 0.15) is 36.3 Å². The Morgan fingerprint density at radius 2 is 2.17 bits per heavy atom. The minimum atomic E-state index is -0.0392. The van der Waals surface area contributed by atoms with Crippen LogP contribution in [0, 0.1) is 16.7 Å². The van der Waals surface area contributed by atoms with Gasteiger partial charge in [-0.25, -0.2) is 9.97 Å². The molecule has 3 aromatic rings. The lowest BCUT2D eigenvalue weighted by atomic mass is 9.76. The standard InChI is InChI=1S/C26H30N6O3S/c1-14(2)35-20-7-18(28)16(8-27)5-19(20)31-23-22-17-4-3-15(6-21(17)36-24(22)30-13-29-23)25(33)32-9-26(10-32)11-34-12-26/h5,7-8,13-15,27H,3-4,6,9-12,28H2,1-2H3,(H,29,30,31). The Morgan fingerprint density at radius 3 is 2.86 bits per heavy atom. The Hall–Kier alpha value is -3.24. The average Bonchev–Trinajstić information content (AvgIpc) is 3.17. The predicted octanol–water partition coefficient (Wildman–Crippen LogP) is 3.77. The number of benzene rings is 1. The van der Waals surface area contributed by atoms with E-state index in [4.69, 9.17) is 20.6 Å². The molecule has 1 aromatic carbocycles. The summed E-state index contributed by atoms with van der Waals surface area (Å²) in [6.45, 7) is 7.16. The van der Waals surface area contributed by atoms with Crippen molar-refractivity contribution in [3.05, 3.63) is 34.5 Å². The number of carbonyl (C=O) groups is 1. The summed E-state index contributed by atoms with van der Waals surface area (Å²) < 4.78 is 11.4. The van der Waals surface area contributed by atoms with Crippen molar-refractivity contribution in [2.45, 2.75) is 39.2 Å². The lowest BCUT2D eigenvalue weighted by Gasteiger charge is -2.55. The van der Waals surface area contributed by atoms with E-state index in [1.807, 2.05) is 24.8 Å². The van der Waals surface area contributed by atoms with Crippen molar-refractivity contribution in [1.29, 1.82) is 5.41 Å². The highest BCUT2D eigenvalue weighted by molar-refractivity contribution is 7.19. The number of thiophene rings is 1. The third kappa shape index (κ3) is 3.88. The van der Waals surface area contributed by atoms with Crippen molar-refractivity contribution < 1.29 is 14.3 Å². The summed E-state index contributed by atoms with van der Waals surface area (Å²) in [6.07, 6.45) is 5.15. The molecule has 3 aliphatic rings. The minimum Gasteiger partial charge on any atom is -0.489 e. The van der Waals surface area contributed by atoms with Gasteiger partial charge in [-0.05, 0) is 44.7 Å². The highest BCUT2D eigenvalue weighted by atomic mass is 32.1. The molecule has 1 spiro atoms. The van der Waals surface area contributed by atoms with Crippen molar-refractivity contribution in [3.8, 4) is 5.75 Å². The fourth-order valence-electron chi connectivity index (χ4n) is 5.48. The summed E-state index contributed by atoms with van der Waals surface area (Å²) in [7, 11) is 0. The van der Waals surface area contributed by atoms with Gasteiger partial charge >= 0.3 is 0 Å². The molecule has 2 saturated heterocycles. The van der Waals surface area contributed by atoms with Gasteiger partial charge in [0.25, 0.3) is 0 Å². The average molecular weight is 507 g/mol. The van der Waals surface area contributed by atoms with Crippen LogP contribution in [0.4, 0.5) is 17.2 Å². The molecule has 2 fully saturated rings. The molecule has 0 saturated carbocycles. The van der Waals surface area contributed by atoms with Crippen LogP contribution >= 0.6 is 11.3 Å². The SMILES string of the molecule is CC(C)Oc1cc(N)c(C=N)cc1Nc1ncnc2sc3c(c12)CCC(C(=O)N1CC2(COC2)C1)C3. The van der Waals surface area contributed by atoms with E-state index >= 15 is 0 Å². The van der Waals surface area contributed by atoms with Gasteiger partial charge in [-0.2, -0.15) is 0 Å². The van der Waals surface area contributed by atoms with Crippen molar-refractivity contribution in [2.24, 2.45) is 11.3 Å². The highest BCUT2D eigenvalue weighted by Gasteiger charge is 2.51. The summed E-state index contributed by atoms with van der Waals surface area (Å²) in [5.74, 6) is 1.60. The molecule has 4 N–H and O–H groups in total. The number of ether oxygens (including phenoxy) is 2. The fourth-order valence-corrected chi connectivity index (χ4v) is 6.75. The molecule has 1 unspecified atom stereocenters. The number of carbonyl (C=O) groups excluding carboxylic acids is 1. The number of hydrogen-bond acceptors (Lipinski definition) is 9. The zero-order valence-corrected chi connectivity index (χ0v) is 21.3. The zero-order valence-electron chi connectivity index (χ0n) is 20.5. The molecule has 0 radical (unpaired) electrons. The second kappa shape index (κ2) is 8.70. The highest BCUT2D eigenvalue weighted by Crippen LogP contribution is 2.44. The molecule has 1 atom stereocenters. The maximum atomic E-state index is 13.2. The van der Waals surface area contributed by atoms with E-state index < -0.39 is 0 Å². The maximum Gasteiger partial charge on any atom is 0.226 e. The van der Waals surface area contributed by atoms with Gasteiger partial charge in [0, 0.05) is 47.4 Å². The number of nitrogen functional groups attached to an aromatic ring is 1. The number of nitrogens with zero attached hydrogens (tertiary/aromatic N) is 3. The number of aryl methyl sites for hydroxylation is 1. The summed E-state index contributed by atoms with van der Waals surface area (Å²) in [5, 5.41) is 12.1. The number of hydrogen-bond donors (Lipinski definition) is 3. The van der Waals surface area contributed by atoms with Crippen LogP contribution in [0.2, 0.25) is 0 Å². The van der Waals surface area contributed by atoms with Crippen LogP contribution in [0.3, 0.4) is 0 Å². The Labute approximate surface area is 213 Å². The summed E-state index contributed by atoms with van der Waals surface area (Å²) >= 11 is 1.65. The quantitative estimate of drug-likeness (QED) is 0.343. The summed E-state index contributed by atoms with van der Waals surface area (Å²) in [5.41, 5.74) is 9.37. The second-order valence-electron chi connectivity index (χ2n) is 10.4. The third-order valence-corrected chi connectivity index (χ3v) is 8.49. The molecule has 0 bridgehead atoms. The van der Waals surface area contributed by atoms with Crippen LogP contribution in [-0.4, -0.2) is 59.4 Å². The number of nitrogens with one attached hydrogen (secondary N) is 2. The van der Waals surface area contributed by atoms with Crippen LogP contribution in [0.5, 0.6) is 5.75 Å². The van der Waals surface area contributed by atoms with Crippen molar-refractivity contribution in [2.75, 3.05) is 37.4 Å². The van der Waals surface area contributed by atoms with E-state index in [2.05, 4.69) is 15.3 Å². The van der Waals surface area contributed by atoms with Crippen molar-refractivity contribution in [1.82, 2.24) is 14.9 Å². The molecule has 2 aliphatic heterocycles. The Morgan fingerprint density at radius 1 is 1.36 bits per heavy atom. The largest absolute Gasteiger partial charge is 0.489 e. The number of anilines is 3.